The number of aromatic nitrogens is 3. The Balaban J connectivity index is 1.44. The number of anilines is 1. The Morgan fingerprint density at radius 2 is 1.97 bits per heavy atom. The second kappa shape index (κ2) is 6.95. The molecule has 0 atom stereocenters. The van der Waals surface area contributed by atoms with Crippen molar-refractivity contribution in [2.45, 2.75) is 44.7 Å². The molecule has 0 amide bonds. The molecule has 1 spiro atoms. The van der Waals surface area contributed by atoms with Crippen LogP contribution in [0, 0.1) is 5.82 Å². The molecule has 5 rings (SSSR count). The Kier molecular flexibility index (Phi) is 4.39. The second-order valence-corrected chi connectivity index (χ2v) is 8.48. The van der Waals surface area contributed by atoms with Crippen molar-refractivity contribution in [3.05, 3.63) is 71.7 Å². The van der Waals surface area contributed by atoms with Crippen LogP contribution in [0.1, 0.15) is 49.7 Å². The molecule has 150 valence electrons. The van der Waals surface area contributed by atoms with E-state index >= 15 is 0 Å². The van der Waals surface area contributed by atoms with E-state index in [0.29, 0.717) is 5.92 Å². The summed E-state index contributed by atoms with van der Waals surface area (Å²) in [5, 5.41) is 3.80. The zero-order chi connectivity index (χ0) is 20.0. The largest absolute Gasteiger partial charge is 0.371 e. The molecule has 29 heavy (non-hydrogen) atoms. The fourth-order valence-electron chi connectivity index (χ4n) is 4.70. The van der Waals surface area contributed by atoms with Crippen molar-refractivity contribution in [3.8, 4) is 5.82 Å². The van der Waals surface area contributed by atoms with Crippen molar-refractivity contribution in [3.63, 3.8) is 0 Å². The minimum absolute atomic E-state index is 0.144. The Hall–Kier alpha value is -2.73. The molecule has 0 unspecified atom stereocenters. The van der Waals surface area contributed by atoms with Gasteiger partial charge in [0, 0.05) is 31.7 Å². The van der Waals surface area contributed by atoms with Gasteiger partial charge in [-0.2, -0.15) is 0 Å². The van der Waals surface area contributed by atoms with E-state index in [2.05, 4.69) is 39.7 Å². The third kappa shape index (κ3) is 3.12. The number of likely N-dealkylation sites (tertiary alicyclic amines) is 1. The summed E-state index contributed by atoms with van der Waals surface area (Å²) in [5.74, 6) is 2.15. The number of halogens is 1. The predicted molar refractivity (Wildman–Crippen MR) is 112 cm³/mol. The van der Waals surface area contributed by atoms with E-state index in [9.17, 15) is 4.39 Å². The highest BCUT2D eigenvalue weighted by atomic mass is 19.1. The highest BCUT2D eigenvalue weighted by Crippen LogP contribution is 2.44. The van der Waals surface area contributed by atoms with Crippen LogP contribution in [-0.2, 0) is 12.1 Å². The number of piperidine rings is 1. The van der Waals surface area contributed by atoms with E-state index in [-0.39, 0.29) is 11.4 Å². The van der Waals surface area contributed by atoms with Crippen molar-refractivity contribution in [1.82, 2.24) is 19.4 Å². The third-order valence-corrected chi connectivity index (χ3v) is 6.17. The minimum atomic E-state index is -0.167. The summed E-state index contributed by atoms with van der Waals surface area (Å²) >= 11 is 0. The Labute approximate surface area is 170 Å². The number of fused-ring (bicyclic) bond motifs is 4. The monoisotopic (exact) mass is 391 g/mol. The summed E-state index contributed by atoms with van der Waals surface area (Å²) in [6.45, 7) is 7.02. The van der Waals surface area contributed by atoms with Gasteiger partial charge >= 0.3 is 0 Å². The van der Waals surface area contributed by atoms with Crippen LogP contribution in [0.4, 0.5) is 10.1 Å². The molecule has 3 aromatic rings. The van der Waals surface area contributed by atoms with Crippen molar-refractivity contribution >= 4 is 5.69 Å². The van der Waals surface area contributed by atoms with E-state index in [0.717, 1.165) is 55.4 Å². The van der Waals surface area contributed by atoms with Gasteiger partial charge in [-0.05, 0) is 42.7 Å². The molecule has 0 radical (unpaired) electrons. The van der Waals surface area contributed by atoms with E-state index in [1.54, 1.807) is 12.1 Å². The highest BCUT2D eigenvalue weighted by molar-refractivity contribution is 5.63. The summed E-state index contributed by atoms with van der Waals surface area (Å²) in [7, 11) is 0. The molecule has 6 heteroatoms. The molecule has 1 N–H and O–H groups in total. The standard InChI is InChI=1S/C23H26FN5/c1-16(2)21-26-14-20-23(27-19-7-4-10-25-22(19)29(20)21)8-11-28(12-9-23)15-17-5-3-6-18(24)13-17/h3-7,10,13-14,16,27H,8-9,11-12,15H2,1-2H3. The summed E-state index contributed by atoms with van der Waals surface area (Å²) in [4.78, 5) is 11.8. The molecular weight excluding hydrogens is 365 g/mol. The first-order valence-corrected chi connectivity index (χ1v) is 10.3. The van der Waals surface area contributed by atoms with Crippen LogP contribution in [0.5, 0.6) is 0 Å². The van der Waals surface area contributed by atoms with Crippen LogP contribution in [-0.4, -0.2) is 32.5 Å². The molecule has 0 aliphatic carbocycles. The molecule has 5 nitrogen and oxygen atoms in total. The van der Waals surface area contributed by atoms with Gasteiger partial charge in [-0.25, -0.2) is 14.4 Å². The number of imidazole rings is 1. The SMILES string of the molecule is CC(C)c1ncc2n1-c1ncccc1NC21CCN(Cc2cccc(F)c2)CC1. The maximum Gasteiger partial charge on any atom is 0.161 e. The van der Waals surface area contributed by atoms with Gasteiger partial charge in [0.1, 0.15) is 11.6 Å². The number of nitrogens with zero attached hydrogens (tertiary/aromatic N) is 4. The molecule has 1 fully saturated rings. The van der Waals surface area contributed by atoms with Crippen molar-refractivity contribution in [2.75, 3.05) is 18.4 Å². The lowest BCUT2D eigenvalue weighted by Crippen LogP contribution is -2.49. The molecular formula is C23H26FN5. The quantitative estimate of drug-likeness (QED) is 0.717. The average molecular weight is 391 g/mol. The minimum Gasteiger partial charge on any atom is -0.371 e. The first-order chi connectivity index (χ1) is 14.1. The van der Waals surface area contributed by atoms with Crippen molar-refractivity contribution in [2.24, 2.45) is 0 Å². The van der Waals surface area contributed by atoms with Gasteiger partial charge in [0.2, 0.25) is 0 Å². The van der Waals surface area contributed by atoms with Gasteiger partial charge in [-0.1, -0.05) is 26.0 Å². The molecule has 0 bridgehead atoms. The molecule has 2 aliphatic rings. The summed E-state index contributed by atoms with van der Waals surface area (Å²) in [5.41, 5.74) is 3.16. The lowest BCUT2D eigenvalue weighted by atomic mass is 9.82. The maximum absolute atomic E-state index is 13.5. The van der Waals surface area contributed by atoms with Crippen LogP contribution in [0.25, 0.3) is 5.82 Å². The lowest BCUT2D eigenvalue weighted by molar-refractivity contribution is 0.161. The number of pyridine rings is 1. The number of nitrogens with one attached hydrogen (secondary N) is 1. The van der Waals surface area contributed by atoms with Crippen LogP contribution in [0.2, 0.25) is 0 Å². The smallest absolute Gasteiger partial charge is 0.161 e. The molecule has 1 saturated heterocycles. The Morgan fingerprint density at radius 3 is 2.72 bits per heavy atom. The van der Waals surface area contributed by atoms with Gasteiger partial charge in [0.05, 0.1) is 23.1 Å². The van der Waals surface area contributed by atoms with Gasteiger partial charge in [-0.3, -0.25) is 9.47 Å². The fourth-order valence-corrected chi connectivity index (χ4v) is 4.70. The Bertz CT molecular complexity index is 1030. The van der Waals surface area contributed by atoms with E-state index in [1.807, 2.05) is 24.5 Å². The molecule has 0 saturated carbocycles. The van der Waals surface area contributed by atoms with E-state index in [4.69, 9.17) is 4.98 Å². The predicted octanol–water partition coefficient (Wildman–Crippen LogP) is 4.45. The topological polar surface area (TPSA) is 46.0 Å². The van der Waals surface area contributed by atoms with Crippen molar-refractivity contribution < 1.29 is 4.39 Å². The van der Waals surface area contributed by atoms with Gasteiger partial charge in [0.25, 0.3) is 0 Å². The first kappa shape index (κ1) is 18.3. The highest BCUT2D eigenvalue weighted by Gasteiger charge is 2.43. The van der Waals surface area contributed by atoms with Crippen LogP contribution < -0.4 is 5.32 Å². The lowest BCUT2D eigenvalue weighted by Gasteiger charge is -2.45. The summed E-state index contributed by atoms with van der Waals surface area (Å²) in [6, 6.07) is 11.0. The van der Waals surface area contributed by atoms with E-state index in [1.165, 1.54) is 11.8 Å². The van der Waals surface area contributed by atoms with Gasteiger partial charge < -0.3 is 5.32 Å². The maximum atomic E-state index is 13.5. The number of rotatable bonds is 3. The van der Waals surface area contributed by atoms with E-state index < -0.39 is 0 Å². The Morgan fingerprint density at radius 1 is 1.14 bits per heavy atom. The number of benzene rings is 1. The zero-order valence-corrected chi connectivity index (χ0v) is 16.9. The third-order valence-electron chi connectivity index (χ3n) is 6.17. The van der Waals surface area contributed by atoms with Crippen molar-refractivity contribution in [1.29, 1.82) is 0 Å². The average Bonchev–Trinajstić information content (AvgIpc) is 3.17. The second-order valence-electron chi connectivity index (χ2n) is 8.48. The van der Waals surface area contributed by atoms with Gasteiger partial charge in [0.15, 0.2) is 5.82 Å². The van der Waals surface area contributed by atoms with Crippen LogP contribution in [0.15, 0.2) is 48.8 Å². The molecule has 1 aromatic carbocycles. The molecule has 2 aliphatic heterocycles. The van der Waals surface area contributed by atoms with Gasteiger partial charge in [-0.15, -0.1) is 0 Å². The zero-order valence-electron chi connectivity index (χ0n) is 16.9. The fraction of sp³-hybridized carbons (Fsp3) is 0.391. The van der Waals surface area contributed by atoms with Crippen LogP contribution in [0.3, 0.4) is 0 Å². The normalized spacial score (nSPS) is 17.8. The summed E-state index contributed by atoms with van der Waals surface area (Å²) in [6.07, 6.45) is 5.82. The molecule has 4 heterocycles. The first-order valence-electron chi connectivity index (χ1n) is 10.3. The number of hydrogen-bond donors (Lipinski definition) is 1. The summed E-state index contributed by atoms with van der Waals surface area (Å²) < 4.78 is 15.8. The number of hydrogen-bond acceptors (Lipinski definition) is 4. The van der Waals surface area contributed by atoms with Crippen LogP contribution >= 0.6 is 0 Å². The molecule has 2 aromatic heterocycles.